The van der Waals surface area contributed by atoms with Gasteiger partial charge in [-0.3, -0.25) is 14.6 Å². The van der Waals surface area contributed by atoms with E-state index in [1.54, 1.807) is 36.4 Å². The molecule has 1 aromatic rings. The molecule has 1 saturated heterocycles. The number of nitrogens with zero attached hydrogens (tertiary/aromatic N) is 2. The minimum Gasteiger partial charge on any atom is -0.353 e. The first-order valence-corrected chi connectivity index (χ1v) is 5.19. The monoisotopic (exact) mass is 219 g/mol. The predicted molar refractivity (Wildman–Crippen MR) is 57.7 cm³/mol. The average Bonchev–Trinajstić information content (AvgIpc) is 2.33. The third-order valence-corrected chi connectivity index (χ3v) is 2.69. The van der Waals surface area contributed by atoms with Crippen LogP contribution >= 0.6 is 0 Å². The maximum atomic E-state index is 12.1. The molecule has 1 N–H and O–H groups in total. The second-order valence-electron chi connectivity index (χ2n) is 3.70. The lowest BCUT2D eigenvalue weighted by Crippen LogP contribution is -2.55. The van der Waals surface area contributed by atoms with E-state index in [0.717, 1.165) is 0 Å². The number of piperazine rings is 1. The summed E-state index contributed by atoms with van der Waals surface area (Å²) in [5.74, 6) is -0.224. The molecule has 0 bridgehead atoms. The van der Waals surface area contributed by atoms with Crippen LogP contribution < -0.4 is 5.32 Å². The van der Waals surface area contributed by atoms with Crippen LogP contribution in [0.15, 0.2) is 24.5 Å². The summed E-state index contributed by atoms with van der Waals surface area (Å²) in [5.41, 5.74) is 0.566. The summed E-state index contributed by atoms with van der Waals surface area (Å²) < 4.78 is 0. The van der Waals surface area contributed by atoms with E-state index in [2.05, 4.69) is 10.3 Å². The van der Waals surface area contributed by atoms with Crippen LogP contribution in [0.3, 0.4) is 0 Å². The Bertz CT molecular complexity index is 405. The number of aromatic nitrogens is 1. The third kappa shape index (κ3) is 1.88. The molecule has 0 aromatic carbocycles. The minimum absolute atomic E-state index is 0.103. The highest BCUT2D eigenvalue weighted by atomic mass is 16.2. The Kier molecular flexibility index (Phi) is 2.85. The van der Waals surface area contributed by atoms with Crippen molar-refractivity contribution in [2.24, 2.45) is 0 Å². The van der Waals surface area contributed by atoms with Crippen molar-refractivity contribution in [3.63, 3.8) is 0 Å². The Balaban J connectivity index is 2.19. The molecular formula is C11H13N3O2. The number of hydrogen-bond acceptors (Lipinski definition) is 3. The smallest absolute Gasteiger partial charge is 0.254 e. The Morgan fingerprint density at radius 3 is 2.88 bits per heavy atom. The molecule has 2 rings (SSSR count). The molecule has 1 unspecified atom stereocenters. The fraction of sp³-hybridized carbons (Fsp3) is 0.364. The summed E-state index contributed by atoms with van der Waals surface area (Å²) >= 11 is 0. The molecule has 84 valence electrons. The van der Waals surface area contributed by atoms with Gasteiger partial charge in [0.05, 0.1) is 0 Å². The van der Waals surface area contributed by atoms with Gasteiger partial charge in [-0.15, -0.1) is 0 Å². The van der Waals surface area contributed by atoms with Crippen LogP contribution in [0.1, 0.15) is 17.3 Å². The highest BCUT2D eigenvalue weighted by molar-refractivity contribution is 5.97. The highest BCUT2D eigenvalue weighted by Gasteiger charge is 2.29. The molecule has 1 aromatic heterocycles. The first-order valence-electron chi connectivity index (χ1n) is 5.19. The molecule has 5 nitrogen and oxygen atoms in total. The van der Waals surface area contributed by atoms with Gasteiger partial charge in [0.2, 0.25) is 5.91 Å². The van der Waals surface area contributed by atoms with E-state index >= 15 is 0 Å². The molecule has 1 aliphatic rings. The molecule has 1 atom stereocenters. The Morgan fingerprint density at radius 1 is 1.50 bits per heavy atom. The molecule has 0 spiro atoms. The molecule has 1 aliphatic heterocycles. The van der Waals surface area contributed by atoms with Crippen molar-refractivity contribution in [1.82, 2.24) is 15.2 Å². The minimum atomic E-state index is -0.408. The van der Waals surface area contributed by atoms with Gasteiger partial charge in [0, 0.05) is 31.0 Å². The fourth-order valence-corrected chi connectivity index (χ4v) is 1.72. The largest absolute Gasteiger partial charge is 0.353 e. The highest BCUT2D eigenvalue weighted by Crippen LogP contribution is 2.09. The van der Waals surface area contributed by atoms with Gasteiger partial charge in [0.15, 0.2) is 0 Å². The van der Waals surface area contributed by atoms with Crippen LogP contribution in [-0.2, 0) is 4.79 Å². The number of nitrogens with one attached hydrogen (secondary N) is 1. The van der Waals surface area contributed by atoms with E-state index in [-0.39, 0.29) is 11.8 Å². The Hall–Kier alpha value is -1.91. The topological polar surface area (TPSA) is 62.3 Å². The molecule has 1 fully saturated rings. The molecular weight excluding hydrogens is 206 g/mol. The van der Waals surface area contributed by atoms with Gasteiger partial charge in [0.25, 0.3) is 5.91 Å². The van der Waals surface area contributed by atoms with Crippen molar-refractivity contribution in [3.05, 3.63) is 30.1 Å². The molecule has 0 saturated carbocycles. The number of amides is 2. The second kappa shape index (κ2) is 4.30. The Morgan fingerprint density at radius 2 is 2.19 bits per heavy atom. The zero-order valence-corrected chi connectivity index (χ0v) is 9.01. The standard InChI is InChI=1S/C11H13N3O2/c1-8-10(15)13-6-7-14(8)11(16)9-2-4-12-5-3-9/h2-5,8H,6-7H2,1H3,(H,13,15). The first kappa shape index (κ1) is 10.6. The first-order chi connectivity index (χ1) is 7.70. The lowest BCUT2D eigenvalue weighted by molar-refractivity contribution is -0.127. The molecule has 5 heteroatoms. The van der Waals surface area contributed by atoms with Crippen molar-refractivity contribution >= 4 is 11.8 Å². The summed E-state index contributed by atoms with van der Waals surface area (Å²) in [7, 11) is 0. The van der Waals surface area contributed by atoms with Gasteiger partial charge in [-0.25, -0.2) is 0 Å². The zero-order valence-electron chi connectivity index (χ0n) is 9.01. The molecule has 16 heavy (non-hydrogen) atoms. The molecule has 0 radical (unpaired) electrons. The van der Waals surface area contributed by atoms with Gasteiger partial charge < -0.3 is 10.2 Å². The van der Waals surface area contributed by atoms with Crippen LogP contribution in [-0.4, -0.2) is 40.8 Å². The van der Waals surface area contributed by atoms with Crippen LogP contribution in [0.4, 0.5) is 0 Å². The van der Waals surface area contributed by atoms with Crippen LogP contribution in [0.25, 0.3) is 0 Å². The summed E-state index contributed by atoms with van der Waals surface area (Å²) in [6.45, 7) is 2.79. The number of pyridine rings is 1. The summed E-state index contributed by atoms with van der Waals surface area (Å²) in [6.07, 6.45) is 3.14. The quantitative estimate of drug-likeness (QED) is 0.725. The van der Waals surface area contributed by atoms with Gasteiger partial charge in [-0.05, 0) is 19.1 Å². The van der Waals surface area contributed by atoms with Crippen molar-refractivity contribution < 1.29 is 9.59 Å². The van der Waals surface area contributed by atoms with Gasteiger partial charge in [-0.1, -0.05) is 0 Å². The van der Waals surface area contributed by atoms with E-state index in [0.29, 0.717) is 18.7 Å². The number of rotatable bonds is 1. The maximum absolute atomic E-state index is 12.1. The lowest BCUT2D eigenvalue weighted by atomic mass is 10.1. The molecule has 0 aliphatic carbocycles. The van der Waals surface area contributed by atoms with E-state index < -0.39 is 6.04 Å². The van der Waals surface area contributed by atoms with E-state index in [1.165, 1.54) is 0 Å². The van der Waals surface area contributed by atoms with Crippen molar-refractivity contribution in [2.45, 2.75) is 13.0 Å². The van der Waals surface area contributed by atoms with E-state index in [1.807, 2.05) is 0 Å². The second-order valence-corrected chi connectivity index (χ2v) is 3.70. The Labute approximate surface area is 93.5 Å². The summed E-state index contributed by atoms with van der Waals surface area (Å²) in [6, 6.07) is 2.90. The number of hydrogen-bond donors (Lipinski definition) is 1. The maximum Gasteiger partial charge on any atom is 0.254 e. The SMILES string of the molecule is CC1C(=O)NCCN1C(=O)c1ccncc1. The normalized spacial score (nSPS) is 20.4. The van der Waals surface area contributed by atoms with Crippen molar-refractivity contribution in [1.29, 1.82) is 0 Å². The fourth-order valence-electron chi connectivity index (χ4n) is 1.72. The van der Waals surface area contributed by atoms with Crippen molar-refractivity contribution in [2.75, 3.05) is 13.1 Å². The third-order valence-electron chi connectivity index (χ3n) is 2.69. The van der Waals surface area contributed by atoms with Crippen molar-refractivity contribution in [3.8, 4) is 0 Å². The summed E-state index contributed by atoms with van der Waals surface area (Å²) in [4.78, 5) is 28.9. The predicted octanol–water partition coefficient (Wildman–Crippen LogP) is 0.0421. The van der Waals surface area contributed by atoms with Crippen LogP contribution in [0.5, 0.6) is 0 Å². The zero-order chi connectivity index (χ0) is 11.5. The van der Waals surface area contributed by atoms with Gasteiger partial charge in [0.1, 0.15) is 6.04 Å². The summed E-state index contributed by atoms with van der Waals surface area (Å²) in [5, 5.41) is 2.72. The van der Waals surface area contributed by atoms with Gasteiger partial charge >= 0.3 is 0 Å². The number of carbonyl (C=O) groups is 2. The molecule has 2 heterocycles. The number of carbonyl (C=O) groups excluding carboxylic acids is 2. The lowest BCUT2D eigenvalue weighted by Gasteiger charge is -2.32. The van der Waals surface area contributed by atoms with Crippen LogP contribution in [0.2, 0.25) is 0 Å². The van der Waals surface area contributed by atoms with Crippen LogP contribution in [0, 0.1) is 0 Å². The van der Waals surface area contributed by atoms with E-state index in [4.69, 9.17) is 0 Å². The average molecular weight is 219 g/mol. The molecule has 2 amide bonds. The van der Waals surface area contributed by atoms with E-state index in [9.17, 15) is 9.59 Å². The van der Waals surface area contributed by atoms with Gasteiger partial charge in [-0.2, -0.15) is 0 Å².